The van der Waals surface area contributed by atoms with Gasteiger partial charge in [-0.2, -0.15) is 0 Å². The van der Waals surface area contributed by atoms with E-state index in [0.717, 1.165) is 25.7 Å². The Bertz CT molecular complexity index is 229. The van der Waals surface area contributed by atoms with Crippen LogP contribution in [0.5, 0.6) is 0 Å². The maximum atomic E-state index is 12.2. The Morgan fingerprint density at radius 3 is 2.00 bits per heavy atom. The summed E-state index contributed by atoms with van der Waals surface area (Å²) in [6.45, 7) is 10.0. The molecule has 15 heavy (non-hydrogen) atoms. The second kappa shape index (κ2) is 4.25. The second-order valence-corrected chi connectivity index (χ2v) is 5.93. The molecule has 0 radical (unpaired) electrons. The van der Waals surface area contributed by atoms with Gasteiger partial charge in [0, 0.05) is 5.92 Å². The van der Waals surface area contributed by atoms with Crippen LogP contribution in [-0.2, 0) is 9.53 Å². The van der Waals surface area contributed by atoms with Gasteiger partial charge in [-0.1, -0.05) is 13.8 Å². The molecule has 1 fully saturated rings. The van der Waals surface area contributed by atoms with E-state index in [-0.39, 0.29) is 17.3 Å². The van der Waals surface area contributed by atoms with Crippen LogP contribution in [0.15, 0.2) is 0 Å². The minimum Gasteiger partial charge on any atom is -0.362 e. The fraction of sp³-hybridized carbons (Fsp3) is 0.923. The normalized spacial score (nSPS) is 20.9. The molecular formula is C13H24O2. The summed E-state index contributed by atoms with van der Waals surface area (Å²) in [5.41, 5.74) is -0.707. The summed E-state index contributed by atoms with van der Waals surface area (Å²) in [6, 6.07) is 0. The highest BCUT2D eigenvalue weighted by Crippen LogP contribution is 2.38. The van der Waals surface area contributed by atoms with Gasteiger partial charge in [-0.3, -0.25) is 4.79 Å². The molecule has 0 aliphatic heterocycles. The van der Waals surface area contributed by atoms with Crippen molar-refractivity contribution in [3.05, 3.63) is 0 Å². The van der Waals surface area contributed by atoms with Gasteiger partial charge in [0.05, 0.1) is 5.60 Å². The molecule has 0 bridgehead atoms. The Labute approximate surface area is 93.4 Å². The van der Waals surface area contributed by atoms with E-state index >= 15 is 0 Å². The van der Waals surface area contributed by atoms with E-state index in [2.05, 4.69) is 0 Å². The van der Waals surface area contributed by atoms with Gasteiger partial charge in [0.25, 0.3) is 0 Å². The summed E-state index contributed by atoms with van der Waals surface area (Å²) in [6.07, 6.45) is 4.05. The van der Waals surface area contributed by atoms with Crippen molar-refractivity contribution in [2.24, 2.45) is 5.92 Å². The van der Waals surface area contributed by atoms with Gasteiger partial charge in [-0.15, -0.1) is 0 Å². The number of rotatable bonds is 3. The van der Waals surface area contributed by atoms with Crippen molar-refractivity contribution < 1.29 is 9.53 Å². The SMILES string of the molecule is CC(C)C(=O)C1(OC(C)(C)C)CCCC1. The van der Waals surface area contributed by atoms with Crippen LogP contribution in [0.2, 0.25) is 0 Å². The molecule has 0 atom stereocenters. The van der Waals surface area contributed by atoms with Crippen LogP contribution < -0.4 is 0 Å². The fourth-order valence-corrected chi connectivity index (χ4v) is 2.46. The molecule has 1 rings (SSSR count). The molecule has 0 aromatic carbocycles. The summed E-state index contributed by atoms with van der Waals surface area (Å²) in [5.74, 6) is 0.361. The van der Waals surface area contributed by atoms with Crippen molar-refractivity contribution in [3.63, 3.8) is 0 Å². The highest BCUT2D eigenvalue weighted by Gasteiger charge is 2.45. The van der Waals surface area contributed by atoms with Crippen LogP contribution in [0.25, 0.3) is 0 Å². The van der Waals surface area contributed by atoms with E-state index in [1.165, 1.54) is 0 Å². The maximum Gasteiger partial charge on any atom is 0.167 e. The molecule has 1 aliphatic carbocycles. The number of hydrogen-bond donors (Lipinski definition) is 0. The van der Waals surface area contributed by atoms with Crippen molar-refractivity contribution in [2.45, 2.75) is 71.5 Å². The summed E-state index contributed by atoms with van der Waals surface area (Å²) in [5, 5.41) is 0. The van der Waals surface area contributed by atoms with E-state index in [1.807, 2.05) is 34.6 Å². The molecule has 0 unspecified atom stereocenters. The predicted molar refractivity (Wildman–Crippen MR) is 61.9 cm³/mol. The number of Topliss-reactive ketones (excluding diaryl/α,β-unsaturated/α-hetero) is 1. The van der Waals surface area contributed by atoms with E-state index in [0.29, 0.717) is 0 Å². The molecule has 1 saturated carbocycles. The van der Waals surface area contributed by atoms with Crippen molar-refractivity contribution in [1.29, 1.82) is 0 Å². The van der Waals surface area contributed by atoms with Crippen molar-refractivity contribution in [2.75, 3.05) is 0 Å². The average molecular weight is 212 g/mol. The Balaban J connectivity index is 2.84. The first-order chi connectivity index (χ1) is 6.77. The molecule has 2 heteroatoms. The smallest absolute Gasteiger partial charge is 0.167 e. The van der Waals surface area contributed by atoms with Crippen molar-refractivity contribution in [1.82, 2.24) is 0 Å². The molecule has 0 saturated heterocycles. The summed E-state index contributed by atoms with van der Waals surface area (Å²) < 4.78 is 6.06. The molecule has 2 nitrogen and oxygen atoms in total. The first-order valence-corrected chi connectivity index (χ1v) is 6.01. The highest BCUT2D eigenvalue weighted by molar-refractivity contribution is 5.89. The van der Waals surface area contributed by atoms with Crippen molar-refractivity contribution >= 4 is 5.78 Å². The van der Waals surface area contributed by atoms with E-state index in [9.17, 15) is 4.79 Å². The standard InChI is InChI=1S/C13H24O2/c1-10(2)11(14)13(8-6-7-9-13)15-12(3,4)5/h10H,6-9H2,1-5H3. The third kappa shape index (κ3) is 3.04. The van der Waals surface area contributed by atoms with Gasteiger partial charge >= 0.3 is 0 Å². The van der Waals surface area contributed by atoms with Crippen LogP contribution in [0.4, 0.5) is 0 Å². The minimum atomic E-state index is -0.480. The van der Waals surface area contributed by atoms with Crippen LogP contribution in [-0.4, -0.2) is 17.0 Å². The van der Waals surface area contributed by atoms with Gasteiger partial charge in [0.15, 0.2) is 5.78 Å². The third-order valence-corrected chi connectivity index (χ3v) is 2.89. The number of hydrogen-bond acceptors (Lipinski definition) is 2. The zero-order chi connectivity index (χ0) is 11.7. The number of carbonyl (C=O) groups excluding carboxylic acids is 1. The first kappa shape index (κ1) is 12.7. The molecule has 0 heterocycles. The number of ether oxygens (including phenoxy) is 1. The lowest BCUT2D eigenvalue weighted by molar-refractivity contribution is -0.167. The molecule has 0 aromatic rings. The van der Waals surface area contributed by atoms with E-state index in [4.69, 9.17) is 4.74 Å². The predicted octanol–water partition coefficient (Wildman–Crippen LogP) is 3.34. The molecular weight excluding hydrogens is 188 g/mol. The Morgan fingerprint density at radius 1 is 1.20 bits per heavy atom. The van der Waals surface area contributed by atoms with Gasteiger partial charge in [-0.25, -0.2) is 0 Å². The molecule has 0 spiro atoms. The second-order valence-electron chi connectivity index (χ2n) is 5.93. The lowest BCUT2D eigenvalue weighted by atomic mass is 9.88. The summed E-state index contributed by atoms with van der Waals surface area (Å²) >= 11 is 0. The monoisotopic (exact) mass is 212 g/mol. The summed E-state index contributed by atoms with van der Waals surface area (Å²) in [7, 11) is 0. The van der Waals surface area contributed by atoms with Crippen LogP contribution in [0, 0.1) is 5.92 Å². The lowest BCUT2D eigenvalue weighted by Gasteiger charge is -2.36. The Morgan fingerprint density at radius 2 is 1.67 bits per heavy atom. The number of ketones is 1. The van der Waals surface area contributed by atoms with Crippen molar-refractivity contribution in [3.8, 4) is 0 Å². The Kier molecular flexibility index (Phi) is 3.59. The third-order valence-electron chi connectivity index (χ3n) is 2.89. The average Bonchev–Trinajstić information content (AvgIpc) is 2.49. The molecule has 0 N–H and O–H groups in total. The quantitative estimate of drug-likeness (QED) is 0.717. The first-order valence-electron chi connectivity index (χ1n) is 6.01. The van der Waals surface area contributed by atoms with Crippen LogP contribution in [0.1, 0.15) is 60.3 Å². The zero-order valence-corrected chi connectivity index (χ0v) is 10.7. The summed E-state index contributed by atoms with van der Waals surface area (Å²) in [4.78, 5) is 12.2. The topological polar surface area (TPSA) is 26.3 Å². The molecule has 0 aromatic heterocycles. The van der Waals surface area contributed by atoms with Gasteiger partial charge in [0.1, 0.15) is 5.60 Å². The Hall–Kier alpha value is -0.370. The zero-order valence-electron chi connectivity index (χ0n) is 10.7. The highest BCUT2D eigenvalue weighted by atomic mass is 16.5. The fourth-order valence-electron chi connectivity index (χ4n) is 2.46. The minimum absolute atomic E-state index is 0.0745. The maximum absolute atomic E-state index is 12.2. The lowest BCUT2D eigenvalue weighted by Crippen LogP contribution is -2.46. The van der Waals surface area contributed by atoms with Gasteiger partial charge in [0.2, 0.25) is 0 Å². The molecule has 1 aliphatic rings. The van der Waals surface area contributed by atoms with Gasteiger partial charge < -0.3 is 4.74 Å². The van der Waals surface area contributed by atoms with E-state index in [1.54, 1.807) is 0 Å². The van der Waals surface area contributed by atoms with E-state index < -0.39 is 5.60 Å². The van der Waals surface area contributed by atoms with Gasteiger partial charge in [-0.05, 0) is 46.5 Å². The van der Waals surface area contributed by atoms with Crippen LogP contribution in [0.3, 0.4) is 0 Å². The largest absolute Gasteiger partial charge is 0.362 e. The molecule has 0 amide bonds. The molecule has 88 valence electrons. The number of carbonyl (C=O) groups is 1. The van der Waals surface area contributed by atoms with Crippen LogP contribution >= 0.6 is 0 Å².